The molecule has 0 aliphatic heterocycles. The van der Waals surface area contributed by atoms with Gasteiger partial charge in [0.05, 0.1) is 0 Å². The highest BCUT2D eigenvalue weighted by molar-refractivity contribution is 6.06. The minimum atomic E-state index is -0.380. The highest BCUT2D eigenvalue weighted by atomic mass is 16.5. The fraction of sp³-hybridized carbons (Fsp3) is 0.280. The number of imide groups is 1. The second-order valence-corrected chi connectivity index (χ2v) is 7.87. The summed E-state index contributed by atoms with van der Waals surface area (Å²) < 4.78 is 5.89. The van der Waals surface area contributed by atoms with E-state index in [1.807, 2.05) is 88.4 Å². The molecular weight excluding hydrogens is 376 g/mol. The van der Waals surface area contributed by atoms with Crippen molar-refractivity contribution in [2.45, 2.75) is 46.4 Å². The molecule has 0 heterocycles. The number of carbonyl (C=O) groups excluding carboxylic acids is 2. The summed E-state index contributed by atoms with van der Waals surface area (Å²) >= 11 is 0. The van der Waals surface area contributed by atoms with Crippen LogP contribution in [-0.4, -0.2) is 28.9 Å². The summed E-state index contributed by atoms with van der Waals surface area (Å²) in [6.07, 6.45) is 0. The molecule has 0 saturated heterocycles. The summed E-state index contributed by atoms with van der Waals surface area (Å²) in [4.78, 5) is 26.8. The fourth-order valence-electron chi connectivity index (χ4n) is 3.20. The van der Waals surface area contributed by atoms with Crippen molar-refractivity contribution in [1.82, 2.24) is 10.2 Å². The first-order chi connectivity index (χ1) is 14.3. The number of carbonyl (C=O) groups is 2. The lowest BCUT2D eigenvalue weighted by Gasteiger charge is -2.26. The van der Waals surface area contributed by atoms with Crippen molar-refractivity contribution < 1.29 is 14.3 Å². The molecule has 0 spiro atoms. The van der Waals surface area contributed by atoms with Crippen molar-refractivity contribution in [3.63, 3.8) is 0 Å². The van der Waals surface area contributed by atoms with E-state index in [1.165, 1.54) is 4.90 Å². The van der Waals surface area contributed by atoms with E-state index in [0.717, 1.165) is 22.1 Å². The van der Waals surface area contributed by atoms with Crippen molar-refractivity contribution >= 4 is 22.7 Å². The van der Waals surface area contributed by atoms with E-state index in [2.05, 4.69) is 5.32 Å². The first-order valence-electron chi connectivity index (χ1n) is 10.2. The highest BCUT2D eigenvalue weighted by Crippen LogP contribution is 2.24. The van der Waals surface area contributed by atoms with Gasteiger partial charge in [-0.3, -0.25) is 9.69 Å². The molecule has 0 radical (unpaired) electrons. The lowest BCUT2D eigenvalue weighted by Crippen LogP contribution is -2.49. The fourth-order valence-corrected chi connectivity index (χ4v) is 3.20. The number of ether oxygens (including phenoxy) is 1. The summed E-state index contributed by atoms with van der Waals surface area (Å²) in [6.45, 7) is 7.89. The second kappa shape index (κ2) is 9.44. The van der Waals surface area contributed by atoms with Gasteiger partial charge in [0.25, 0.3) is 5.91 Å². The first-order valence-corrected chi connectivity index (χ1v) is 10.2. The van der Waals surface area contributed by atoms with Gasteiger partial charge in [-0.25, -0.2) is 4.79 Å². The number of rotatable bonds is 6. The van der Waals surface area contributed by atoms with Gasteiger partial charge in [-0.15, -0.1) is 0 Å². The molecule has 3 rings (SSSR count). The number of hydrogen-bond acceptors (Lipinski definition) is 3. The molecule has 0 fully saturated rings. The largest absolute Gasteiger partial charge is 0.489 e. The number of amides is 3. The molecule has 5 heteroatoms. The standard InChI is InChI=1S/C25H28N2O3/c1-17(2)26-25(29)27(18(3)4)24(28)22-11-10-21-15-23(13-12-20(21)14-22)30-16-19-8-6-5-7-9-19/h5-15,17-18H,16H2,1-4H3,(H,26,29). The number of fused-ring (bicyclic) bond motifs is 1. The van der Waals surface area contributed by atoms with Crippen molar-refractivity contribution in [3.05, 3.63) is 77.9 Å². The van der Waals surface area contributed by atoms with Crippen LogP contribution in [0.25, 0.3) is 10.8 Å². The van der Waals surface area contributed by atoms with Crippen molar-refractivity contribution in [1.29, 1.82) is 0 Å². The average Bonchev–Trinajstić information content (AvgIpc) is 2.71. The Labute approximate surface area is 177 Å². The number of nitrogens with zero attached hydrogens (tertiary/aromatic N) is 1. The average molecular weight is 405 g/mol. The quantitative estimate of drug-likeness (QED) is 0.599. The number of urea groups is 1. The van der Waals surface area contributed by atoms with Gasteiger partial charge >= 0.3 is 6.03 Å². The van der Waals surface area contributed by atoms with Crippen LogP contribution in [0.15, 0.2) is 66.7 Å². The molecule has 0 atom stereocenters. The summed E-state index contributed by atoms with van der Waals surface area (Å²) in [5, 5.41) is 4.69. The molecule has 3 aromatic rings. The summed E-state index contributed by atoms with van der Waals surface area (Å²) in [6, 6.07) is 20.6. The molecule has 0 unspecified atom stereocenters. The van der Waals surface area contributed by atoms with Gasteiger partial charge in [0.2, 0.25) is 0 Å². The Hall–Kier alpha value is -3.34. The van der Waals surface area contributed by atoms with E-state index >= 15 is 0 Å². The summed E-state index contributed by atoms with van der Waals surface area (Å²) in [7, 11) is 0. The number of benzene rings is 3. The molecule has 0 aliphatic rings. The molecule has 0 aromatic heterocycles. The van der Waals surface area contributed by atoms with E-state index in [4.69, 9.17) is 4.74 Å². The molecule has 30 heavy (non-hydrogen) atoms. The Morgan fingerprint density at radius 1 is 0.900 bits per heavy atom. The van der Waals surface area contributed by atoms with Crippen LogP contribution in [0.4, 0.5) is 4.79 Å². The lowest BCUT2D eigenvalue weighted by atomic mass is 10.1. The van der Waals surface area contributed by atoms with Gasteiger partial charge in [-0.1, -0.05) is 42.5 Å². The molecule has 0 bridgehead atoms. The van der Waals surface area contributed by atoms with Gasteiger partial charge in [-0.05, 0) is 68.3 Å². The Morgan fingerprint density at radius 3 is 2.23 bits per heavy atom. The third-order valence-corrected chi connectivity index (χ3v) is 4.67. The topological polar surface area (TPSA) is 58.6 Å². The van der Waals surface area contributed by atoms with Gasteiger partial charge in [0.15, 0.2) is 0 Å². The van der Waals surface area contributed by atoms with E-state index in [-0.39, 0.29) is 24.0 Å². The van der Waals surface area contributed by atoms with Crippen LogP contribution in [0, 0.1) is 0 Å². The number of hydrogen-bond donors (Lipinski definition) is 1. The maximum Gasteiger partial charge on any atom is 0.324 e. The normalized spacial score (nSPS) is 11.0. The molecule has 0 saturated carbocycles. The first kappa shape index (κ1) is 21.4. The van der Waals surface area contributed by atoms with Crippen LogP contribution >= 0.6 is 0 Å². The van der Waals surface area contributed by atoms with Crippen molar-refractivity contribution in [2.75, 3.05) is 0 Å². The molecule has 156 valence electrons. The maximum atomic E-state index is 13.0. The van der Waals surface area contributed by atoms with Gasteiger partial charge in [0, 0.05) is 17.6 Å². The maximum absolute atomic E-state index is 13.0. The van der Waals surface area contributed by atoms with Crippen LogP contribution in [0.3, 0.4) is 0 Å². The summed E-state index contributed by atoms with van der Waals surface area (Å²) in [5.41, 5.74) is 1.58. The Morgan fingerprint density at radius 2 is 1.57 bits per heavy atom. The second-order valence-electron chi connectivity index (χ2n) is 7.87. The Balaban J connectivity index is 1.79. The van der Waals surface area contributed by atoms with E-state index in [0.29, 0.717) is 12.2 Å². The lowest BCUT2D eigenvalue weighted by molar-refractivity contribution is 0.0761. The predicted molar refractivity (Wildman–Crippen MR) is 120 cm³/mol. The molecule has 1 N–H and O–H groups in total. The van der Waals surface area contributed by atoms with Gasteiger partial charge in [0.1, 0.15) is 12.4 Å². The zero-order valence-electron chi connectivity index (χ0n) is 17.9. The molecular formula is C25H28N2O3. The van der Waals surface area contributed by atoms with E-state index < -0.39 is 0 Å². The predicted octanol–water partition coefficient (Wildman–Crippen LogP) is 5.39. The molecule has 0 aliphatic carbocycles. The highest BCUT2D eigenvalue weighted by Gasteiger charge is 2.26. The molecule has 3 amide bonds. The van der Waals surface area contributed by atoms with E-state index in [9.17, 15) is 9.59 Å². The third kappa shape index (κ3) is 5.17. The van der Waals surface area contributed by atoms with E-state index in [1.54, 1.807) is 6.07 Å². The molecule has 3 aromatic carbocycles. The van der Waals surface area contributed by atoms with Crippen LogP contribution in [0.1, 0.15) is 43.6 Å². The Bertz CT molecular complexity index is 1030. The number of nitrogens with one attached hydrogen (secondary N) is 1. The minimum absolute atomic E-state index is 0.0440. The van der Waals surface area contributed by atoms with Crippen LogP contribution in [0.2, 0.25) is 0 Å². The van der Waals surface area contributed by atoms with Gasteiger partial charge in [-0.2, -0.15) is 0 Å². The van der Waals surface area contributed by atoms with Crippen LogP contribution < -0.4 is 10.1 Å². The zero-order chi connectivity index (χ0) is 21.7. The SMILES string of the molecule is CC(C)NC(=O)N(C(=O)c1ccc2cc(OCc3ccccc3)ccc2c1)C(C)C. The smallest absolute Gasteiger partial charge is 0.324 e. The molecule has 5 nitrogen and oxygen atoms in total. The Kier molecular flexibility index (Phi) is 6.72. The minimum Gasteiger partial charge on any atom is -0.489 e. The monoisotopic (exact) mass is 404 g/mol. The summed E-state index contributed by atoms with van der Waals surface area (Å²) in [5.74, 6) is 0.458. The van der Waals surface area contributed by atoms with Crippen molar-refractivity contribution in [3.8, 4) is 5.75 Å². The van der Waals surface area contributed by atoms with Crippen molar-refractivity contribution in [2.24, 2.45) is 0 Å². The zero-order valence-corrected chi connectivity index (χ0v) is 17.9. The third-order valence-electron chi connectivity index (χ3n) is 4.67. The van der Waals surface area contributed by atoms with Gasteiger partial charge < -0.3 is 10.1 Å². The van der Waals surface area contributed by atoms with Crippen LogP contribution in [-0.2, 0) is 6.61 Å². The van der Waals surface area contributed by atoms with Crippen LogP contribution in [0.5, 0.6) is 5.75 Å².